The van der Waals surface area contributed by atoms with E-state index in [9.17, 15) is 9.59 Å². The summed E-state index contributed by atoms with van der Waals surface area (Å²) in [6, 6.07) is -0.778. The van der Waals surface area contributed by atoms with Crippen LogP contribution in [0.5, 0.6) is 0 Å². The largest absolute Gasteiger partial charge is 0.461 e. The van der Waals surface area contributed by atoms with Gasteiger partial charge in [-0.05, 0) is 51.5 Å². The van der Waals surface area contributed by atoms with Crippen LogP contribution >= 0.6 is 11.3 Å². The Kier molecular flexibility index (Phi) is 4.23. The molecule has 23 heavy (non-hydrogen) atoms. The van der Waals surface area contributed by atoms with Gasteiger partial charge in [0, 0.05) is 4.88 Å². The predicted octanol–water partition coefficient (Wildman–Crippen LogP) is 2.49. The fraction of sp³-hybridized carbons (Fsp3) is 0.625. The summed E-state index contributed by atoms with van der Waals surface area (Å²) in [7, 11) is 0. The molecule has 2 heterocycles. The molecule has 7 heteroatoms. The molecular weight excluding hydrogens is 314 g/mol. The van der Waals surface area contributed by atoms with Crippen molar-refractivity contribution in [2.24, 2.45) is 5.92 Å². The van der Waals surface area contributed by atoms with Gasteiger partial charge in [0.15, 0.2) is 10.9 Å². The maximum Gasteiger partial charge on any atom is 0.331 e. The van der Waals surface area contributed by atoms with Crippen molar-refractivity contribution in [3.05, 3.63) is 20.8 Å². The fourth-order valence-electron chi connectivity index (χ4n) is 2.96. The van der Waals surface area contributed by atoms with Gasteiger partial charge in [0.2, 0.25) is 0 Å². The van der Waals surface area contributed by atoms with Gasteiger partial charge in [0.25, 0.3) is 5.56 Å². The molecule has 3 rings (SSSR count). The van der Waals surface area contributed by atoms with Crippen LogP contribution in [0.4, 0.5) is 0 Å². The topological polar surface area (TPSA) is 74.1 Å². The van der Waals surface area contributed by atoms with Crippen LogP contribution in [-0.2, 0) is 22.4 Å². The van der Waals surface area contributed by atoms with Gasteiger partial charge in [0.1, 0.15) is 0 Å². The van der Waals surface area contributed by atoms with Crippen LogP contribution in [0.1, 0.15) is 50.6 Å². The number of ether oxygens (including phenoxy) is 1. The third kappa shape index (κ3) is 2.89. The monoisotopic (exact) mass is 335 g/mol. The minimum Gasteiger partial charge on any atom is -0.461 e. The lowest BCUT2D eigenvalue weighted by Crippen LogP contribution is -2.33. The molecule has 0 saturated heterocycles. The van der Waals surface area contributed by atoms with Gasteiger partial charge in [-0.1, -0.05) is 12.1 Å². The lowest BCUT2D eigenvalue weighted by atomic mass is 9.89. The standard InChI is InChI=1S/C16H21N3O3S/c1-8(2)22-16(21)10(4)19-15(20)13-11-6-5-9(3)7-12(11)23-14(13)17-18-19/h8-10H,5-7H2,1-4H3/t9-,10-/m0/s1. The highest BCUT2D eigenvalue weighted by molar-refractivity contribution is 7.18. The van der Waals surface area contributed by atoms with Gasteiger partial charge in [-0.25, -0.2) is 4.79 Å². The molecule has 0 fully saturated rings. The second-order valence-electron chi connectivity index (χ2n) is 6.53. The number of fused-ring (bicyclic) bond motifs is 3. The van der Waals surface area contributed by atoms with Crippen molar-refractivity contribution < 1.29 is 9.53 Å². The average molecular weight is 335 g/mol. The summed E-state index contributed by atoms with van der Waals surface area (Å²) in [6.07, 6.45) is 2.72. The Labute approximate surface area is 138 Å². The Balaban J connectivity index is 2.05. The van der Waals surface area contributed by atoms with Crippen LogP contribution in [0.15, 0.2) is 4.79 Å². The molecule has 6 nitrogen and oxygen atoms in total. The van der Waals surface area contributed by atoms with E-state index in [1.165, 1.54) is 4.88 Å². The van der Waals surface area contributed by atoms with E-state index in [0.717, 1.165) is 29.5 Å². The van der Waals surface area contributed by atoms with Crippen LogP contribution in [0.2, 0.25) is 0 Å². The Bertz CT molecular complexity index is 809. The molecule has 1 aliphatic rings. The van der Waals surface area contributed by atoms with Crippen LogP contribution < -0.4 is 5.56 Å². The van der Waals surface area contributed by atoms with Crippen molar-refractivity contribution in [3.8, 4) is 0 Å². The Hall–Kier alpha value is -1.76. The number of aromatic nitrogens is 3. The van der Waals surface area contributed by atoms with Gasteiger partial charge in [-0.2, -0.15) is 4.68 Å². The van der Waals surface area contributed by atoms with Crippen molar-refractivity contribution in [2.75, 3.05) is 0 Å². The molecule has 0 spiro atoms. The first-order valence-corrected chi connectivity index (χ1v) is 8.80. The Morgan fingerprint density at radius 2 is 2.13 bits per heavy atom. The van der Waals surface area contributed by atoms with Gasteiger partial charge in [-0.3, -0.25) is 4.79 Å². The van der Waals surface area contributed by atoms with Crippen LogP contribution in [0.25, 0.3) is 10.2 Å². The fourth-order valence-corrected chi connectivity index (χ4v) is 4.27. The first-order chi connectivity index (χ1) is 10.9. The molecule has 0 aromatic carbocycles. The zero-order chi connectivity index (χ0) is 16.7. The van der Waals surface area contributed by atoms with E-state index in [4.69, 9.17) is 4.74 Å². The summed E-state index contributed by atoms with van der Waals surface area (Å²) in [5.41, 5.74) is 0.858. The van der Waals surface area contributed by atoms with Gasteiger partial charge >= 0.3 is 5.97 Å². The molecular formula is C16H21N3O3S. The molecule has 1 aliphatic carbocycles. The van der Waals surface area contributed by atoms with Crippen LogP contribution in [-0.4, -0.2) is 27.1 Å². The lowest BCUT2D eigenvalue weighted by Gasteiger charge is -2.18. The number of thiophene rings is 1. The molecule has 0 amide bonds. The lowest BCUT2D eigenvalue weighted by molar-refractivity contribution is -0.151. The first kappa shape index (κ1) is 16.1. The van der Waals surface area contributed by atoms with Crippen molar-refractivity contribution in [1.29, 1.82) is 0 Å². The molecule has 0 saturated carbocycles. The highest BCUT2D eigenvalue weighted by atomic mass is 32.1. The first-order valence-electron chi connectivity index (χ1n) is 7.98. The SMILES string of the molecule is CC(C)OC(=O)[C@H](C)n1nnc2sc3c(c2c1=O)CC[C@H](C)C3. The minimum atomic E-state index is -0.778. The van der Waals surface area contributed by atoms with E-state index >= 15 is 0 Å². The quantitative estimate of drug-likeness (QED) is 0.806. The molecule has 2 aromatic heterocycles. The van der Waals surface area contributed by atoms with Crippen molar-refractivity contribution >= 4 is 27.5 Å². The van der Waals surface area contributed by atoms with Crippen LogP contribution in [0.3, 0.4) is 0 Å². The highest BCUT2D eigenvalue weighted by Crippen LogP contribution is 2.35. The summed E-state index contributed by atoms with van der Waals surface area (Å²) in [4.78, 5) is 26.8. The average Bonchev–Trinajstić information content (AvgIpc) is 2.84. The van der Waals surface area contributed by atoms with Gasteiger partial charge in [0.05, 0.1) is 11.5 Å². The number of nitrogens with zero attached hydrogens (tertiary/aromatic N) is 3. The van der Waals surface area contributed by atoms with E-state index in [1.807, 2.05) is 0 Å². The molecule has 2 aromatic rings. The number of hydrogen-bond donors (Lipinski definition) is 0. The molecule has 0 N–H and O–H groups in total. The third-order valence-corrected chi connectivity index (χ3v) is 5.35. The number of carbonyl (C=O) groups is 1. The van der Waals surface area contributed by atoms with E-state index in [-0.39, 0.29) is 11.7 Å². The summed E-state index contributed by atoms with van der Waals surface area (Å²) in [5, 5.41) is 8.77. The van der Waals surface area contributed by atoms with Crippen molar-refractivity contribution in [2.45, 2.75) is 59.1 Å². The normalized spacial score (nSPS) is 18.9. The minimum absolute atomic E-state index is 0.229. The number of carbonyl (C=O) groups excluding carboxylic acids is 1. The van der Waals surface area contributed by atoms with E-state index in [2.05, 4.69) is 17.2 Å². The van der Waals surface area contributed by atoms with Gasteiger partial charge in [-0.15, -0.1) is 16.4 Å². The third-order valence-electron chi connectivity index (χ3n) is 4.21. The summed E-state index contributed by atoms with van der Waals surface area (Å²) in [6.45, 7) is 7.40. The van der Waals surface area contributed by atoms with Gasteiger partial charge < -0.3 is 4.74 Å². The van der Waals surface area contributed by atoms with Crippen molar-refractivity contribution in [3.63, 3.8) is 0 Å². The molecule has 2 atom stereocenters. The molecule has 0 radical (unpaired) electrons. The molecule has 0 unspecified atom stereocenters. The molecule has 124 valence electrons. The Morgan fingerprint density at radius 3 is 2.83 bits per heavy atom. The summed E-state index contributed by atoms with van der Waals surface area (Å²) >= 11 is 1.55. The maximum atomic E-state index is 12.8. The number of rotatable bonds is 3. The second-order valence-corrected chi connectivity index (χ2v) is 7.62. The highest BCUT2D eigenvalue weighted by Gasteiger charge is 2.26. The van der Waals surface area contributed by atoms with Crippen molar-refractivity contribution in [1.82, 2.24) is 15.0 Å². The Morgan fingerprint density at radius 1 is 1.39 bits per heavy atom. The summed E-state index contributed by atoms with van der Waals surface area (Å²) < 4.78 is 6.33. The number of hydrogen-bond acceptors (Lipinski definition) is 6. The predicted molar refractivity (Wildman–Crippen MR) is 88.8 cm³/mol. The molecule has 0 aliphatic heterocycles. The zero-order valence-corrected chi connectivity index (χ0v) is 14.6. The second kappa shape index (κ2) is 6.03. The number of esters is 1. The maximum absolute atomic E-state index is 12.8. The molecule has 0 bridgehead atoms. The number of aryl methyl sites for hydroxylation is 1. The zero-order valence-electron chi connectivity index (χ0n) is 13.8. The summed E-state index contributed by atoms with van der Waals surface area (Å²) in [5.74, 6) is 0.166. The van der Waals surface area contributed by atoms with Crippen LogP contribution in [0, 0.1) is 5.92 Å². The van der Waals surface area contributed by atoms with E-state index < -0.39 is 12.0 Å². The smallest absolute Gasteiger partial charge is 0.331 e. The van der Waals surface area contributed by atoms with E-state index in [1.54, 1.807) is 32.1 Å². The van der Waals surface area contributed by atoms with E-state index in [0.29, 0.717) is 16.1 Å².